The molecule has 0 bridgehead atoms. The maximum Gasteiger partial charge on any atom is 0.151 e. The molecule has 0 saturated heterocycles. The summed E-state index contributed by atoms with van der Waals surface area (Å²) >= 11 is 0. The molecule has 0 spiro atoms. The smallest absolute Gasteiger partial charge is 0.151 e. The molecule has 1 aromatic carbocycles. The Morgan fingerprint density at radius 3 is 2.74 bits per heavy atom. The van der Waals surface area contributed by atoms with E-state index in [1.54, 1.807) is 31.3 Å². The Morgan fingerprint density at radius 1 is 1.32 bits per heavy atom. The molecule has 0 aliphatic carbocycles. The highest BCUT2D eigenvalue weighted by molar-refractivity contribution is 7.91. The summed E-state index contributed by atoms with van der Waals surface area (Å²) in [4.78, 5) is 0. The SMILES string of the molecule is CCS(=O)(=O)CCn1cc(-c2ccccc2F)cn1. The summed E-state index contributed by atoms with van der Waals surface area (Å²) in [6.45, 7) is 1.90. The van der Waals surface area contributed by atoms with E-state index in [-0.39, 0.29) is 23.9 Å². The summed E-state index contributed by atoms with van der Waals surface area (Å²) in [6, 6.07) is 6.42. The normalized spacial score (nSPS) is 11.7. The van der Waals surface area contributed by atoms with E-state index in [0.29, 0.717) is 11.1 Å². The standard InChI is InChI=1S/C13H15FN2O2S/c1-2-19(17,18)8-7-16-10-11(9-15-16)12-5-3-4-6-13(12)14/h3-6,9-10H,2,7-8H2,1H3. The fourth-order valence-corrected chi connectivity index (χ4v) is 2.45. The van der Waals surface area contributed by atoms with Gasteiger partial charge in [-0.05, 0) is 6.07 Å². The number of benzene rings is 1. The zero-order valence-electron chi connectivity index (χ0n) is 10.6. The lowest BCUT2D eigenvalue weighted by Crippen LogP contribution is -2.14. The zero-order valence-corrected chi connectivity index (χ0v) is 11.4. The molecule has 6 heteroatoms. The van der Waals surface area contributed by atoms with Gasteiger partial charge in [-0.25, -0.2) is 12.8 Å². The fraction of sp³-hybridized carbons (Fsp3) is 0.308. The second-order valence-corrected chi connectivity index (χ2v) is 6.68. The van der Waals surface area contributed by atoms with Crippen molar-refractivity contribution in [2.45, 2.75) is 13.5 Å². The molecule has 0 atom stereocenters. The molecule has 0 aliphatic heterocycles. The number of sulfone groups is 1. The van der Waals surface area contributed by atoms with Crippen LogP contribution in [-0.4, -0.2) is 29.7 Å². The summed E-state index contributed by atoms with van der Waals surface area (Å²) in [7, 11) is -3.02. The van der Waals surface area contributed by atoms with Gasteiger partial charge in [-0.15, -0.1) is 0 Å². The maximum absolute atomic E-state index is 13.6. The van der Waals surface area contributed by atoms with Crippen molar-refractivity contribution >= 4 is 9.84 Å². The summed E-state index contributed by atoms with van der Waals surface area (Å²) in [6.07, 6.45) is 3.20. The van der Waals surface area contributed by atoms with Crippen molar-refractivity contribution in [1.82, 2.24) is 9.78 Å². The van der Waals surface area contributed by atoms with Crippen LogP contribution in [0.5, 0.6) is 0 Å². The van der Waals surface area contributed by atoms with Crippen LogP contribution in [0.3, 0.4) is 0 Å². The topological polar surface area (TPSA) is 52.0 Å². The van der Waals surface area contributed by atoms with Gasteiger partial charge in [-0.3, -0.25) is 4.68 Å². The van der Waals surface area contributed by atoms with Gasteiger partial charge >= 0.3 is 0 Å². The first kappa shape index (κ1) is 13.7. The second kappa shape index (κ2) is 5.52. The predicted molar refractivity (Wildman–Crippen MR) is 71.9 cm³/mol. The van der Waals surface area contributed by atoms with Crippen LogP contribution in [0.4, 0.5) is 4.39 Å². The third-order valence-corrected chi connectivity index (χ3v) is 4.57. The molecular weight excluding hydrogens is 267 g/mol. The number of aromatic nitrogens is 2. The van der Waals surface area contributed by atoms with Gasteiger partial charge in [0.25, 0.3) is 0 Å². The monoisotopic (exact) mass is 282 g/mol. The van der Waals surface area contributed by atoms with Crippen molar-refractivity contribution in [2.24, 2.45) is 0 Å². The number of halogens is 1. The number of aryl methyl sites for hydroxylation is 1. The molecule has 2 rings (SSSR count). The highest BCUT2D eigenvalue weighted by Crippen LogP contribution is 2.21. The molecule has 0 aliphatic rings. The van der Waals surface area contributed by atoms with E-state index in [9.17, 15) is 12.8 Å². The zero-order chi connectivity index (χ0) is 13.9. The molecule has 0 fully saturated rings. The first-order valence-corrected chi connectivity index (χ1v) is 7.82. The van der Waals surface area contributed by atoms with Gasteiger partial charge in [-0.1, -0.05) is 25.1 Å². The molecule has 4 nitrogen and oxygen atoms in total. The fourth-order valence-electron chi connectivity index (χ4n) is 1.70. The van der Waals surface area contributed by atoms with Gasteiger partial charge in [0.2, 0.25) is 0 Å². The van der Waals surface area contributed by atoms with Gasteiger partial charge < -0.3 is 0 Å². The van der Waals surface area contributed by atoms with Crippen LogP contribution in [0, 0.1) is 5.82 Å². The summed E-state index contributed by atoms with van der Waals surface area (Å²) in [5.74, 6) is -0.153. The van der Waals surface area contributed by atoms with Gasteiger partial charge in [-0.2, -0.15) is 5.10 Å². The minimum absolute atomic E-state index is 0.0435. The lowest BCUT2D eigenvalue weighted by molar-refractivity contribution is 0.581. The van der Waals surface area contributed by atoms with E-state index in [0.717, 1.165) is 0 Å². The molecule has 2 aromatic rings. The molecule has 1 aromatic heterocycles. The largest absolute Gasteiger partial charge is 0.271 e. The highest BCUT2D eigenvalue weighted by atomic mass is 32.2. The van der Waals surface area contributed by atoms with E-state index >= 15 is 0 Å². The minimum Gasteiger partial charge on any atom is -0.271 e. The second-order valence-electron chi connectivity index (χ2n) is 4.21. The molecule has 0 saturated carbocycles. The summed E-state index contributed by atoms with van der Waals surface area (Å²) in [5, 5.41) is 4.06. The third kappa shape index (κ3) is 3.41. The first-order chi connectivity index (χ1) is 9.02. The molecule has 19 heavy (non-hydrogen) atoms. The maximum atomic E-state index is 13.6. The van der Waals surface area contributed by atoms with E-state index < -0.39 is 9.84 Å². The Morgan fingerprint density at radius 2 is 2.05 bits per heavy atom. The predicted octanol–water partition coefficient (Wildman–Crippen LogP) is 2.12. The van der Waals surface area contributed by atoms with Gasteiger partial charge in [0.15, 0.2) is 9.84 Å². The number of hydrogen-bond acceptors (Lipinski definition) is 3. The van der Waals surface area contributed by atoms with Gasteiger partial charge in [0.05, 0.1) is 18.5 Å². The molecule has 0 N–H and O–H groups in total. The van der Waals surface area contributed by atoms with Crippen LogP contribution in [0.2, 0.25) is 0 Å². The lowest BCUT2D eigenvalue weighted by Gasteiger charge is -2.01. The van der Waals surface area contributed by atoms with Crippen molar-refractivity contribution in [3.05, 3.63) is 42.5 Å². The molecule has 0 amide bonds. The van der Waals surface area contributed by atoms with Crippen LogP contribution >= 0.6 is 0 Å². The van der Waals surface area contributed by atoms with Crippen molar-refractivity contribution in [3.8, 4) is 11.1 Å². The molecule has 102 valence electrons. The quantitative estimate of drug-likeness (QED) is 0.844. The van der Waals surface area contributed by atoms with Crippen molar-refractivity contribution in [3.63, 3.8) is 0 Å². The van der Waals surface area contributed by atoms with E-state index in [2.05, 4.69) is 5.10 Å². The van der Waals surface area contributed by atoms with Crippen LogP contribution in [0.15, 0.2) is 36.7 Å². The third-order valence-electron chi connectivity index (χ3n) is 2.89. The van der Waals surface area contributed by atoms with E-state index in [1.165, 1.54) is 16.9 Å². The van der Waals surface area contributed by atoms with E-state index in [1.807, 2.05) is 0 Å². The molecule has 1 heterocycles. The van der Waals surface area contributed by atoms with Crippen molar-refractivity contribution < 1.29 is 12.8 Å². The Labute approximate surface area is 111 Å². The van der Waals surface area contributed by atoms with Gasteiger partial charge in [0, 0.05) is 23.1 Å². The number of rotatable bonds is 5. The number of hydrogen-bond donors (Lipinski definition) is 0. The lowest BCUT2D eigenvalue weighted by atomic mass is 10.1. The van der Waals surface area contributed by atoms with Crippen LogP contribution in [0.1, 0.15) is 6.92 Å². The molecule has 0 radical (unpaired) electrons. The minimum atomic E-state index is -3.02. The molecular formula is C13H15FN2O2S. The van der Waals surface area contributed by atoms with Crippen LogP contribution in [-0.2, 0) is 16.4 Å². The summed E-state index contributed by atoms with van der Waals surface area (Å²) in [5.41, 5.74) is 1.11. The Balaban J connectivity index is 2.14. The number of nitrogens with zero attached hydrogens (tertiary/aromatic N) is 2. The van der Waals surface area contributed by atoms with Crippen LogP contribution < -0.4 is 0 Å². The molecule has 0 unspecified atom stereocenters. The summed E-state index contributed by atoms with van der Waals surface area (Å²) < 4.78 is 37.9. The highest BCUT2D eigenvalue weighted by Gasteiger charge is 2.10. The van der Waals surface area contributed by atoms with Gasteiger partial charge in [0.1, 0.15) is 5.82 Å². The first-order valence-electron chi connectivity index (χ1n) is 5.99. The Bertz CT molecular complexity index is 665. The average Bonchev–Trinajstić information content (AvgIpc) is 2.86. The Hall–Kier alpha value is -1.69. The van der Waals surface area contributed by atoms with Crippen molar-refractivity contribution in [1.29, 1.82) is 0 Å². The van der Waals surface area contributed by atoms with E-state index in [4.69, 9.17) is 0 Å². The van der Waals surface area contributed by atoms with Crippen molar-refractivity contribution in [2.75, 3.05) is 11.5 Å². The van der Waals surface area contributed by atoms with Crippen LogP contribution in [0.25, 0.3) is 11.1 Å². The Kier molecular flexibility index (Phi) is 3.99. The average molecular weight is 282 g/mol.